The third-order valence-electron chi connectivity index (χ3n) is 5.05. The number of carbonyl (C=O) groups is 1. The summed E-state index contributed by atoms with van der Waals surface area (Å²) in [5.41, 5.74) is 1.61. The summed E-state index contributed by atoms with van der Waals surface area (Å²) in [5.74, 6) is 1.52. The minimum Gasteiger partial charge on any atom is -0.495 e. The fraction of sp³-hybridized carbons (Fsp3) is 0.318. The van der Waals surface area contributed by atoms with Gasteiger partial charge in [-0.3, -0.25) is 14.3 Å². The number of benzene rings is 2. The van der Waals surface area contributed by atoms with E-state index >= 15 is 0 Å². The summed E-state index contributed by atoms with van der Waals surface area (Å²) in [6, 6.07) is 15.2. The number of hydrogen-bond donors (Lipinski definition) is 1. The lowest BCUT2D eigenvalue weighted by molar-refractivity contribution is -0.113. The number of anilines is 1. The third kappa shape index (κ3) is 5.39. The van der Waals surface area contributed by atoms with Crippen molar-refractivity contribution in [2.75, 3.05) is 31.3 Å². The minimum atomic E-state index is -0.144. The van der Waals surface area contributed by atoms with E-state index in [9.17, 15) is 4.79 Å². The van der Waals surface area contributed by atoms with Crippen molar-refractivity contribution in [3.8, 4) is 11.4 Å². The molecule has 0 bridgehead atoms. The van der Waals surface area contributed by atoms with Gasteiger partial charge in [-0.25, -0.2) is 0 Å². The van der Waals surface area contributed by atoms with E-state index in [0.717, 1.165) is 31.1 Å². The van der Waals surface area contributed by atoms with Crippen LogP contribution >= 0.6 is 23.4 Å². The van der Waals surface area contributed by atoms with E-state index in [1.54, 1.807) is 25.3 Å². The molecule has 1 aliphatic heterocycles. The Kier molecular flexibility index (Phi) is 7.11. The molecular weight excluding hydrogens is 434 g/mol. The first kappa shape index (κ1) is 21.7. The number of methoxy groups -OCH3 is 1. The third-order valence-corrected chi connectivity index (χ3v) is 6.27. The minimum absolute atomic E-state index is 0.144. The molecule has 3 aromatic rings. The first-order valence-corrected chi connectivity index (χ1v) is 11.5. The molecule has 2 heterocycles. The zero-order valence-electron chi connectivity index (χ0n) is 17.3. The van der Waals surface area contributed by atoms with Crippen LogP contribution in [-0.4, -0.2) is 51.5 Å². The number of hydrogen-bond acceptors (Lipinski definition) is 6. The number of likely N-dealkylation sites (tertiary alicyclic amines) is 1. The number of ether oxygens (including phenoxy) is 1. The maximum absolute atomic E-state index is 12.5. The second-order valence-electron chi connectivity index (χ2n) is 7.24. The van der Waals surface area contributed by atoms with E-state index in [1.165, 1.54) is 24.6 Å². The Morgan fingerprint density at radius 2 is 1.94 bits per heavy atom. The normalized spacial score (nSPS) is 14.0. The number of amides is 1. The van der Waals surface area contributed by atoms with Crippen molar-refractivity contribution >= 4 is 35.0 Å². The standard InChI is InChI=1S/C22H24ClN5O2S/c1-30-19-10-9-16(13-18(19)23)24-21(29)15-31-22-26-25-20(14-27-11-5-6-12-27)28(22)17-7-3-2-4-8-17/h2-4,7-10,13H,5-6,11-12,14-15H2,1H3,(H,24,29). The summed E-state index contributed by atoms with van der Waals surface area (Å²) in [6.07, 6.45) is 2.44. The topological polar surface area (TPSA) is 72.3 Å². The molecule has 0 unspecified atom stereocenters. The van der Waals surface area contributed by atoms with E-state index in [0.29, 0.717) is 21.6 Å². The maximum atomic E-state index is 12.5. The first-order chi connectivity index (χ1) is 15.1. The van der Waals surface area contributed by atoms with Crippen LogP contribution in [0.2, 0.25) is 5.02 Å². The van der Waals surface area contributed by atoms with Crippen molar-refractivity contribution in [3.05, 3.63) is 59.4 Å². The summed E-state index contributed by atoms with van der Waals surface area (Å²) >= 11 is 7.50. The smallest absolute Gasteiger partial charge is 0.234 e. The predicted octanol–water partition coefficient (Wildman–Crippen LogP) is 4.26. The Hall–Kier alpha value is -2.55. The van der Waals surface area contributed by atoms with Gasteiger partial charge in [0, 0.05) is 11.4 Å². The van der Waals surface area contributed by atoms with E-state index < -0.39 is 0 Å². The maximum Gasteiger partial charge on any atom is 0.234 e. The summed E-state index contributed by atoms with van der Waals surface area (Å²) < 4.78 is 7.19. The molecule has 162 valence electrons. The summed E-state index contributed by atoms with van der Waals surface area (Å²) in [4.78, 5) is 14.9. The summed E-state index contributed by atoms with van der Waals surface area (Å²) in [6.45, 7) is 2.91. The largest absolute Gasteiger partial charge is 0.495 e. The molecule has 7 nitrogen and oxygen atoms in total. The Morgan fingerprint density at radius 3 is 2.65 bits per heavy atom. The lowest BCUT2D eigenvalue weighted by Crippen LogP contribution is -2.21. The van der Waals surface area contributed by atoms with Crippen molar-refractivity contribution in [3.63, 3.8) is 0 Å². The molecule has 0 aliphatic carbocycles. The lowest BCUT2D eigenvalue weighted by atomic mass is 10.3. The SMILES string of the molecule is COc1ccc(NC(=O)CSc2nnc(CN3CCCC3)n2-c2ccccc2)cc1Cl. The number of thioether (sulfide) groups is 1. The number of nitrogens with one attached hydrogen (secondary N) is 1. The Labute approximate surface area is 190 Å². The van der Waals surface area contributed by atoms with Gasteiger partial charge in [0.2, 0.25) is 5.91 Å². The molecule has 0 spiro atoms. The van der Waals surface area contributed by atoms with Crippen LogP contribution in [-0.2, 0) is 11.3 Å². The molecule has 4 rings (SSSR count). The van der Waals surface area contributed by atoms with Crippen LogP contribution in [0.5, 0.6) is 5.75 Å². The fourth-order valence-electron chi connectivity index (χ4n) is 3.54. The van der Waals surface area contributed by atoms with Gasteiger partial charge in [0.15, 0.2) is 11.0 Å². The molecule has 0 radical (unpaired) electrons. The summed E-state index contributed by atoms with van der Waals surface area (Å²) in [7, 11) is 1.55. The quantitative estimate of drug-likeness (QED) is 0.510. The summed E-state index contributed by atoms with van der Waals surface area (Å²) in [5, 5.41) is 12.8. The molecule has 2 aromatic carbocycles. The molecule has 1 amide bonds. The van der Waals surface area contributed by atoms with Gasteiger partial charge in [0.05, 0.1) is 24.4 Å². The molecule has 31 heavy (non-hydrogen) atoms. The molecule has 1 aliphatic rings. The van der Waals surface area contributed by atoms with Crippen molar-refractivity contribution in [1.82, 2.24) is 19.7 Å². The number of para-hydroxylation sites is 1. The van der Waals surface area contributed by atoms with Crippen LogP contribution in [0.15, 0.2) is 53.7 Å². The molecule has 0 atom stereocenters. The molecule has 1 saturated heterocycles. The highest BCUT2D eigenvalue weighted by Gasteiger charge is 2.20. The van der Waals surface area contributed by atoms with Crippen LogP contribution in [0, 0.1) is 0 Å². The number of carbonyl (C=O) groups excluding carboxylic acids is 1. The molecular formula is C22H24ClN5O2S. The zero-order chi connectivity index (χ0) is 21.6. The van der Waals surface area contributed by atoms with Gasteiger partial charge < -0.3 is 10.1 Å². The molecule has 1 aromatic heterocycles. The molecule has 9 heteroatoms. The van der Waals surface area contributed by atoms with Crippen LogP contribution in [0.1, 0.15) is 18.7 Å². The number of halogens is 1. The van der Waals surface area contributed by atoms with E-state index in [4.69, 9.17) is 16.3 Å². The zero-order valence-corrected chi connectivity index (χ0v) is 18.8. The average molecular weight is 458 g/mol. The van der Waals surface area contributed by atoms with Crippen LogP contribution in [0.25, 0.3) is 5.69 Å². The fourth-order valence-corrected chi connectivity index (χ4v) is 4.57. The van der Waals surface area contributed by atoms with Crippen LogP contribution in [0.4, 0.5) is 5.69 Å². The predicted molar refractivity (Wildman–Crippen MR) is 123 cm³/mol. The monoisotopic (exact) mass is 457 g/mol. The molecule has 0 saturated carbocycles. The van der Waals surface area contributed by atoms with Crippen molar-refractivity contribution in [1.29, 1.82) is 0 Å². The van der Waals surface area contributed by atoms with E-state index in [-0.39, 0.29) is 11.7 Å². The van der Waals surface area contributed by atoms with E-state index in [1.807, 2.05) is 34.9 Å². The lowest BCUT2D eigenvalue weighted by Gasteiger charge is -2.16. The second-order valence-corrected chi connectivity index (χ2v) is 8.59. The Balaban J connectivity index is 1.46. The van der Waals surface area contributed by atoms with Crippen molar-refractivity contribution in [2.24, 2.45) is 0 Å². The second kappa shape index (κ2) is 10.2. The molecule has 1 N–H and O–H groups in total. The van der Waals surface area contributed by atoms with Gasteiger partial charge in [-0.15, -0.1) is 10.2 Å². The van der Waals surface area contributed by atoms with Crippen molar-refractivity contribution in [2.45, 2.75) is 24.5 Å². The van der Waals surface area contributed by atoms with Crippen LogP contribution < -0.4 is 10.1 Å². The molecule has 1 fully saturated rings. The highest BCUT2D eigenvalue weighted by Crippen LogP contribution is 2.28. The van der Waals surface area contributed by atoms with Crippen molar-refractivity contribution < 1.29 is 9.53 Å². The van der Waals surface area contributed by atoms with Gasteiger partial charge in [0.25, 0.3) is 0 Å². The number of aromatic nitrogens is 3. The van der Waals surface area contributed by atoms with Gasteiger partial charge in [0.1, 0.15) is 5.75 Å². The first-order valence-electron chi connectivity index (χ1n) is 10.1. The van der Waals surface area contributed by atoms with Gasteiger partial charge in [-0.05, 0) is 56.3 Å². The number of nitrogens with zero attached hydrogens (tertiary/aromatic N) is 4. The highest BCUT2D eigenvalue weighted by atomic mass is 35.5. The van der Waals surface area contributed by atoms with Gasteiger partial charge in [-0.2, -0.15) is 0 Å². The highest BCUT2D eigenvalue weighted by molar-refractivity contribution is 7.99. The van der Waals surface area contributed by atoms with Gasteiger partial charge in [-0.1, -0.05) is 41.6 Å². The van der Waals surface area contributed by atoms with Gasteiger partial charge >= 0.3 is 0 Å². The Bertz CT molecular complexity index is 1040. The number of rotatable bonds is 8. The Morgan fingerprint density at radius 1 is 1.16 bits per heavy atom. The average Bonchev–Trinajstić information content (AvgIpc) is 3.43. The van der Waals surface area contributed by atoms with Crippen LogP contribution in [0.3, 0.4) is 0 Å². The van der Waals surface area contributed by atoms with E-state index in [2.05, 4.69) is 20.4 Å².